The van der Waals surface area contributed by atoms with Gasteiger partial charge in [-0.2, -0.15) is 0 Å². The quantitative estimate of drug-likeness (QED) is 0.175. The number of furan rings is 1. The van der Waals surface area contributed by atoms with Gasteiger partial charge in [-0.3, -0.25) is 4.79 Å². The Hall–Kier alpha value is -4.67. The number of ether oxygens (including phenoxy) is 2. The van der Waals surface area contributed by atoms with Gasteiger partial charge in [0, 0.05) is 35.3 Å². The van der Waals surface area contributed by atoms with Crippen molar-refractivity contribution in [3.63, 3.8) is 0 Å². The summed E-state index contributed by atoms with van der Waals surface area (Å²) in [4.78, 5) is 36.1. The van der Waals surface area contributed by atoms with Crippen LogP contribution >= 0.6 is 11.6 Å². The minimum atomic E-state index is -0.680. The minimum Gasteiger partial charge on any atom is -0.497 e. The molecule has 0 atom stereocenters. The molecule has 4 heterocycles. The van der Waals surface area contributed by atoms with Crippen LogP contribution in [0.2, 0.25) is 5.15 Å². The second-order valence-electron chi connectivity index (χ2n) is 10.1. The second kappa shape index (κ2) is 11.0. The lowest BCUT2D eigenvalue weighted by molar-refractivity contribution is 0.0471. The number of esters is 1. The minimum absolute atomic E-state index is 0.0266. The van der Waals surface area contributed by atoms with Crippen LogP contribution in [0.15, 0.2) is 70.2 Å². The molecule has 2 aromatic carbocycles. The topological polar surface area (TPSA) is 103 Å². The fraction of sp³-hybridized carbons (Fsp3) is 0.194. The molecule has 9 nitrogen and oxygen atoms in total. The van der Waals surface area contributed by atoms with Crippen LogP contribution in [0.3, 0.4) is 0 Å². The molecule has 0 saturated carbocycles. The Labute approximate surface area is 244 Å². The molecular formula is C31H26ClFN4O5. The largest absolute Gasteiger partial charge is 0.497 e. The van der Waals surface area contributed by atoms with Crippen molar-refractivity contribution in [1.29, 1.82) is 0 Å². The summed E-state index contributed by atoms with van der Waals surface area (Å²) in [6.07, 6.45) is 2.87. The number of nitrogens with zero attached hydrogens (tertiary/aromatic N) is 3. The Morgan fingerprint density at radius 3 is 2.79 bits per heavy atom. The van der Waals surface area contributed by atoms with Crippen LogP contribution in [-0.4, -0.2) is 59.8 Å². The third kappa shape index (κ3) is 4.78. The van der Waals surface area contributed by atoms with E-state index in [1.807, 2.05) is 37.2 Å². The molecule has 0 radical (unpaired) electrons. The number of benzene rings is 2. The molecular weight excluding hydrogens is 563 g/mol. The van der Waals surface area contributed by atoms with Gasteiger partial charge in [0.15, 0.2) is 0 Å². The van der Waals surface area contributed by atoms with Crippen molar-refractivity contribution < 1.29 is 23.1 Å². The molecule has 0 amide bonds. The van der Waals surface area contributed by atoms with Crippen molar-refractivity contribution in [2.24, 2.45) is 0 Å². The van der Waals surface area contributed by atoms with E-state index in [-0.39, 0.29) is 46.1 Å². The summed E-state index contributed by atoms with van der Waals surface area (Å²) in [7, 11) is 5.29. The van der Waals surface area contributed by atoms with Crippen LogP contribution in [0.4, 0.5) is 4.39 Å². The summed E-state index contributed by atoms with van der Waals surface area (Å²) < 4.78 is 33.8. The highest BCUT2D eigenvalue weighted by molar-refractivity contribution is 6.30. The molecule has 214 valence electrons. The number of pyridine rings is 2. The molecule has 6 aromatic rings. The molecule has 0 aliphatic heterocycles. The zero-order valence-electron chi connectivity index (χ0n) is 23.0. The highest BCUT2D eigenvalue weighted by atomic mass is 35.5. The van der Waals surface area contributed by atoms with Crippen LogP contribution < -0.4 is 10.3 Å². The van der Waals surface area contributed by atoms with E-state index in [0.29, 0.717) is 34.3 Å². The first-order valence-electron chi connectivity index (χ1n) is 13.1. The number of likely N-dealkylation sites (N-methyl/N-ethyl adjacent to an activating group) is 1. The van der Waals surface area contributed by atoms with Crippen molar-refractivity contribution >= 4 is 50.3 Å². The number of carbonyl (C=O) groups excluding carboxylic acids is 1. The van der Waals surface area contributed by atoms with Crippen molar-refractivity contribution in [2.45, 2.75) is 6.54 Å². The predicted octanol–water partition coefficient (Wildman–Crippen LogP) is 5.86. The Bertz CT molecular complexity index is 2050. The van der Waals surface area contributed by atoms with Gasteiger partial charge in [-0.25, -0.2) is 14.2 Å². The van der Waals surface area contributed by atoms with E-state index in [1.54, 1.807) is 29.9 Å². The van der Waals surface area contributed by atoms with Crippen LogP contribution in [0.25, 0.3) is 43.9 Å². The Balaban J connectivity index is 1.64. The summed E-state index contributed by atoms with van der Waals surface area (Å²) >= 11 is 6.67. The summed E-state index contributed by atoms with van der Waals surface area (Å²) in [5.74, 6) is -0.587. The van der Waals surface area contributed by atoms with E-state index >= 15 is 4.39 Å². The molecule has 6 rings (SSSR count). The predicted molar refractivity (Wildman–Crippen MR) is 159 cm³/mol. The molecule has 4 aromatic heterocycles. The number of fused-ring (bicyclic) bond motifs is 4. The summed E-state index contributed by atoms with van der Waals surface area (Å²) in [5, 5.41) is 1.62. The van der Waals surface area contributed by atoms with Gasteiger partial charge in [0.1, 0.15) is 34.6 Å². The van der Waals surface area contributed by atoms with Gasteiger partial charge in [-0.15, -0.1) is 0 Å². The first kappa shape index (κ1) is 27.5. The zero-order valence-corrected chi connectivity index (χ0v) is 23.8. The maximum Gasteiger partial charge on any atom is 0.355 e. The molecule has 0 saturated heterocycles. The molecule has 42 heavy (non-hydrogen) atoms. The van der Waals surface area contributed by atoms with Gasteiger partial charge in [-0.1, -0.05) is 11.6 Å². The molecule has 0 aliphatic carbocycles. The summed E-state index contributed by atoms with van der Waals surface area (Å²) in [6.45, 7) is 0.607. The van der Waals surface area contributed by atoms with Crippen LogP contribution in [-0.2, 0) is 11.3 Å². The third-order valence-corrected chi connectivity index (χ3v) is 7.48. The standard InChI is InChI=1S/C31H26ClFN4O5/c1-36(2)10-12-42-31(39)27-25(21-5-4-9-34-30(21)38)26-24(15-22(33)20-8-11-41-28(20)26)37(27)16-18-13-17-6-7-19(40-3)14-23(17)35-29(18)32/h4-9,11,13-15H,10,12,16H2,1-3H3,(H,34,38). The highest BCUT2D eigenvalue weighted by Gasteiger charge is 2.30. The molecule has 0 aliphatic rings. The number of halogens is 2. The van der Waals surface area contributed by atoms with E-state index in [4.69, 9.17) is 25.5 Å². The number of methoxy groups -OCH3 is 1. The van der Waals surface area contributed by atoms with Crippen LogP contribution in [0, 0.1) is 5.82 Å². The summed E-state index contributed by atoms with van der Waals surface area (Å²) in [5.41, 5.74) is 1.86. The monoisotopic (exact) mass is 588 g/mol. The van der Waals surface area contributed by atoms with Crippen molar-refractivity contribution in [1.82, 2.24) is 19.4 Å². The van der Waals surface area contributed by atoms with E-state index < -0.39 is 17.3 Å². The SMILES string of the molecule is COc1ccc2cc(Cn3c(C(=O)OCCN(C)C)c(-c4ccc[nH]c4=O)c4c5occc5c(F)cc43)c(Cl)nc2c1. The molecule has 1 N–H and O–H groups in total. The first-order valence-corrected chi connectivity index (χ1v) is 13.5. The van der Waals surface area contributed by atoms with Gasteiger partial charge < -0.3 is 28.3 Å². The normalized spacial score (nSPS) is 11.7. The van der Waals surface area contributed by atoms with Crippen molar-refractivity contribution in [2.75, 3.05) is 34.4 Å². The average Bonchev–Trinajstić information content (AvgIpc) is 3.57. The average molecular weight is 589 g/mol. The second-order valence-corrected chi connectivity index (χ2v) is 10.4. The smallest absolute Gasteiger partial charge is 0.355 e. The maximum absolute atomic E-state index is 15.4. The van der Waals surface area contributed by atoms with Gasteiger partial charge in [0.2, 0.25) is 0 Å². The van der Waals surface area contributed by atoms with Gasteiger partial charge in [0.05, 0.1) is 47.3 Å². The Morgan fingerprint density at radius 1 is 1.19 bits per heavy atom. The molecule has 0 spiro atoms. The number of aromatic amines is 1. The highest BCUT2D eigenvalue weighted by Crippen LogP contribution is 2.41. The number of carbonyl (C=O) groups is 1. The Kier molecular flexibility index (Phi) is 7.17. The van der Waals surface area contributed by atoms with E-state index in [1.165, 1.54) is 24.6 Å². The van der Waals surface area contributed by atoms with Crippen LogP contribution in [0.1, 0.15) is 16.1 Å². The third-order valence-electron chi connectivity index (χ3n) is 7.15. The molecule has 0 fully saturated rings. The summed E-state index contributed by atoms with van der Waals surface area (Å²) in [6, 6.07) is 13.4. The number of rotatable bonds is 8. The molecule has 0 unspecified atom stereocenters. The van der Waals surface area contributed by atoms with E-state index in [9.17, 15) is 9.59 Å². The van der Waals surface area contributed by atoms with Gasteiger partial charge >= 0.3 is 5.97 Å². The number of aromatic nitrogens is 3. The lowest BCUT2D eigenvalue weighted by atomic mass is 10.0. The molecule has 11 heteroatoms. The number of hydrogen-bond donors (Lipinski definition) is 1. The number of nitrogens with one attached hydrogen (secondary N) is 1. The fourth-order valence-corrected chi connectivity index (χ4v) is 5.33. The first-order chi connectivity index (χ1) is 20.3. The number of H-pyrrole nitrogens is 1. The zero-order chi connectivity index (χ0) is 29.5. The lowest BCUT2D eigenvalue weighted by Crippen LogP contribution is -2.22. The molecule has 0 bridgehead atoms. The van der Waals surface area contributed by atoms with Gasteiger partial charge in [0.25, 0.3) is 5.56 Å². The fourth-order valence-electron chi connectivity index (χ4n) is 5.13. The van der Waals surface area contributed by atoms with Crippen molar-refractivity contribution in [3.8, 4) is 16.9 Å². The van der Waals surface area contributed by atoms with E-state index in [2.05, 4.69) is 9.97 Å². The van der Waals surface area contributed by atoms with Crippen LogP contribution in [0.5, 0.6) is 5.75 Å². The Morgan fingerprint density at radius 2 is 2.02 bits per heavy atom. The van der Waals surface area contributed by atoms with E-state index in [0.717, 1.165) is 5.39 Å². The lowest BCUT2D eigenvalue weighted by Gasteiger charge is -2.15. The maximum atomic E-state index is 15.4. The van der Waals surface area contributed by atoms with Gasteiger partial charge in [-0.05, 0) is 56.6 Å². The number of hydrogen-bond acceptors (Lipinski definition) is 7. The van der Waals surface area contributed by atoms with Crippen molar-refractivity contribution in [3.05, 3.63) is 93.6 Å².